The lowest BCUT2D eigenvalue weighted by atomic mass is 10.0. The number of amides is 2. The van der Waals surface area contributed by atoms with E-state index in [1.165, 1.54) is 25.3 Å². The smallest absolute Gasteiger partial charge is 0.386 e. The van der Waals surface area contributed by atoms with Crippen LogP contribution in [0, 0.1) is 13.8 Å². The average Bonchev–Trinajstić information content (AvgIpc) is 3.07. The van der Waals surface area contributed by atoms with E-state index in [2.05, 4.69) is 9.35 Å². The molecule has 178 valence electrons. The molecule has 2 rings (SSSR count). The van der Waals surface area contributed by atoms with Gasteiger partial charge in [0.15, 0.2) is 9.92 Å². The predicted octanol–water partition coefficient (Wildman–Crippen LogP) is 4.96. The van der Waals surface area contributed by atoms with Crippen LogP contribution in [0.3, 0.4) is 0 Å². The standard InChI is InChI=1S/C17H18F6N4O3S2/c1-7-11(8(2)13(17(21,22)23)26-12(7)16(18,19)20)25-14(28)27-32(24,30)10-5-9(6-31-10)15(3,4)29/h5-6,29H,1-4H3,(H3,24,25,26,27,28,30). The normalized spacial score (nSPS) is 14.8. The Morgan fingerprint density at radius 3 is 1.97 bits per heavy atom. The average molecular weight is 504 g/mol. The van der Waals surface area contributed by atoms with Gasteiger partial charge in [-0.05, 0) is 44.7 Å². The van der Waals surface area contributed by atoms with Crippen LogP contribution in [0.5, 0.6) is 0 Å². The number of hydrogen-bond acceptors (Lipinski definition) is 5. The molecule has 0 bridgehead atoms. The number of nitrogens with one attached hydrogen (secondary N) is 1. The second-order valence-corrected chi connectivity index (χ2v) is 10.2. The molecule has 0 aliphatic heterocycles. The van der Waals surface area contributed by atoms with Crippen LogP contribution in [0.1, 0.15) is 41.9 Å². The van der Waals surface area contributed by atoms with Crippen molar-refractivity contribution in [3.8, 4) is 0 Å². The highest BCUT2D eigenvalue weighted by Gasteiger charge is 2.42. The highest BCUT2D eigenvalue weighted by Crippen LogP contribution is 2.40. The maximum atomic E-state index is 13.2. The summed E-state index contributed by atoms with van der Waals surface area (Å²) >= 11 is 0.808. The van der Waals surface area contributed by atoms with Gasteiger partial charge in [-0.1, -0.05) is 0 Å². The van der Waals surface area contributed by atoms with Crippen molar-refractivity contribution in [2.45, 2.75) is 49.9 Å². The summed E-state index contributed by atoms with van der Waals surface area (Å²) in [7, 11) is -3.91. The summed E-state index contributed by atoms with van der Waals surface area (Å²) < 4.78 is 95.0. The van der Waals surface area contributed by atoms with E-state index in [0.29, 0.717) is 5.56 Å². The van der Waals surface area contributed by atoms with Gasteiger partial charge in [-0.25, -0.2) is 19.1 Å². The Bertz CT molecular complexity index is 1130. The lowest BCUT2D eigenvalue weighted by molar-refractivity contribution is -0.150. The van der Waals surface area contributed by atoms with E-state index < -0.39 is 62.1 Å². The number of thiophene rings is 1. The van der Waals surface area contributed by atoms with Crippen LogP contribution in [0.15, 0.2) is 20.0 Å². The minimum atomic E-state index is -5.24. The van der Waals surface area contributed by atoms with Gasteiger partial charge in [-0.15, -0.1) is 15.7 Å². The van der Waals surface area contributed by atoms with E-state index in [1.807, 2.05) is 5.32 Å². The van der Waals surface area contributed by atoms with Gasteiger partial charge in [-0.2, -0.15) is 26.3 Å². The first-order chi connectivity index (χ1) is 14.2. The van der Waals surface area contributed by atoms with Crippen LogP contribution in [-0.4, -0.2) is 20.3 Å². The maximum absolute atomic E-state index is 13.2. The summed E-state index contributed by atoms with van der Waals surface area (Å²) in [5.74, 6) is 0. The van der Waals surface area contributed by atoms with Crippen LogP contribution in [0.25, 0.3) is 0 Å². The molecule has 0 aromatic carbocycles. The molecule has 2 aromatic rings. The third-order valence-corrected chi connectivity index (χ3v) is 7.10. The molecule has 0 aliphatic carbocycles. The van der Waals surface area contributed by atoms with Gasteiger partial charge < -0.3 is 10.4 Å². The van der Waals surface area contributed by atoms with Crippen molar-refractivity contribution < 1.29 is 40.5 Å². The summed E-state index contributed by atoms with van der Waals surface area (Å²) in [5, 5.41) is 18.8. The van der Waals surface area contributed by atoms with Crippen molar-refractivity contribution in [2.75, 3.05) is 5.32 Å². The van der Waals surface area contributed by atoms with Crippen molar-refractivity contribution in [1.29, 1.82) is 0 Å². The summed E-state index contributed by atoms with van der Waals surface area (Å²) in [6.45, 7) is 4.53. The number of pyridine rings is 1. The van der Waals surface area contributed by atoms with Crippen molar-refractivity contribution in [3.05, 3.63) is 39.5 Å². The lowest BCUT2D eigenvalue weighted by Gasteiger charge is -2.20. The summed E-state index contributed by atoms with van der Waals surface area (Å²) in [6.07, 6.45) is -10.5. The first-order valence-electron chi connectivity index (χ1n) is 8.58. The summed E-state index contributed by atoms with van der Waals surface area (Å²) in [4.78, 5) is 15.0. The van der Waals surface area contributed by atoms with E-state index in [4.69, 9.17) is 5.14 Å². The number of nitrogens with two attached hydrogens (primary N) is 1. The Labute approximate surface area is 183 Å². The predicted molar refractivity (Wildman–Crippen MR) is 105 cm³/mol. The lowest BCUT2D eigenvalue weighted by Crippen LogP contribution is -2.23. The van der Waals surface area contributed by atoms with E-state index in [9.17, 15) is 40.5 Å². The zero-order valence-corrected chi connectivity index (χ0v) is 18.6. The van der Waals surface area contributed by atoms with Gasteiger partial charge >= 0.3 is 18.4 Å². The van der Waals surface area contributed by atoms with Crippen molar-refractivity contribution in [3.63, 3.8) is 0 Å². The van der Waals surface area contributed by atoms with Crippen molar-refractivity contribution in [2.24, 2.45) is 9.50 Å². The molecular formula is C17H18F6N4O3S2. The molecule has 32 heavy (non-hydrogen) atoms. The molecule has 0 saturated heterocycles. The minimum Gasteiger partial charge on any atom is -0.386 e. The van der Waals surface area contributed by atoms with E-state index in [1.54, 1.807) is 0 Å². The summed E-state index contributed by atoms with van der Waals surface area (Å²) in [6, 6.07) is -0.287. The Morgan fingerprint density at radius 2 is 1.59 bits per heavy atom. The van der Waals surface area contributed by atoms with E-state index in [0.717, 1.165) is 25.2 Å². The first-order valence-corrected chi connectivity index (χ1v) is 11.0. The second kappa shape index (κ2) is 8.28. The largest absolute Gasteiger partial charge is 0.433 e. The number of anilines is 1. The van der Waals surface area contributed by atoms with Gasteiger partial charge in [0.2, 0.25) is 0 Å². The topological polar surface area (TPSA) is 118 Å². The van der Waals surface area contributed by atoms with Gasteiger partial charge in [-0.3, -0.25) is 0 Å². The number of carbonyl (C=O) groups is 1. The third kappa shape index (κ3) is 5.57. The molecule has 0 spiro atoms. The number of alkyl halides is 6. The molecule has 4 N–H and O–H groups in total. The van der Waals surface area contributed by atoms with Crippen LogP contribution < -0.4 is 10.5 Å². The summed E-state index contributed by atoms with van der Waals surface area (Å²) in [5.41, 5.74) is -7.07. The Balaban J connectivity index is 2.55. The van der Waals surface area contributed by atoms with Crippen LogP contribution in [0.4, 0.5) is 36.8 Å². The highest BCUT2D eigenvalue weighted by atomic mass is 32.2. The Hall–Kier alpha value is -2.23. The number of hydrogen-bond donors (Lipinski definition) is 3. The number of aromatic nitrogens is 1. The molecule has 1 unspecified atom stereocenters. The molecule has 0 fully saturated rings. The molecule has 15 heteroatoms. The zero-order valence-electron chi connectivity index (χ0n) is 17.0. The number of aliphatic hydroxyl groups is 1. The zero-order chi connectivity index (χ0) is 24.9. The molecule has 1 atom stereocenters. The SMILES string of the molecule is Cc1c(C(F)(F)F)nc(C(F)(F)F)c(C)c1NC(=O)N=S(N)(=O)c1cc(C(C)(C)O)cs1. The van der Waals surface area contributed by atoms with E-state index in [-0.39, 0.29) is 4.21 Å². The number of halogens is 6. The van der Waals surface area contributed by atoms with Gasteiger partial charge in [0, 0.05) is 11.1 Å². The molecule has 0 aliphatic rings. The number of urea groups is 1. The molecule has 0 radical (unpaired) electrons. The Kier molecular flexibility index (Phi) is 6.73. The van der Waals surface area contributed by atoms with Gasteiger partial charge in [0.05, 0.1) is 11.3 Å². The van der Waals surface area contributed by atoms with Gasteiger partial charge in [0.25, 0.3) is 0 Å². The molecule has 2 aromatic heterocycles. The van der Waals surface area contributed by atoms with Crippen LogP contribution >= 0.6 is 11.3 Å². The van der Waals surface area contributed by atoms with Crippen LogP contribution in [-0.2, 0) is 27.9 Å². The van der Waals surface area contributed by atoms with E-state index >= 15 is 0 Å². The molecule has 0 saturated carbocycles. The number of nitrogens with zero attached hydrogens (tertiary/aromatic N) is 2. The van der Waals surface area contributed by atoms with Crippen molar-refractivity contribution >= 4 is 33.0 Å². The molecule has 2 heterocycles. The second-order valence-electron chi connectivity index (χ2n) is 7.23. The minimum absolute atomic E-state index is 0.125. The first kappa shape index (κ1) is 26.0. The third-order valence-electron chi connectivity index (χ3n) is 4.24. The quantitative estimate of drug-likeness (QED) is 0.512. The number of carbonyl (C=O) groups excluding carboxylic acids is 1. The fourth-order valence-corrected chi connectivity index (χ4v) is 4.91. The van der Waals surface area contributed by atoms with Crippen molar-refractivity contribution in [1.82, 2.24) is 4.98 Å². The fraction of sp³-hybridized carbons (Fsp3) is 0.412. The fourth-order valence-electron chi connectivity index (χ4n) is 2.63. The monoisotopic (exact) mass is 504 g/mol. The molecular weight excluding hydrogens is 486 g/mol. The van der Waals surface area contributed by atoms with Gasteiger partial charge in [0.1, 0.15) is 15.6 Å². The highest BCUT2D eigenvalue weighted by molar-refractivity contribution is 7.93. The molecule has 7 nitrogen and oxygen atoms in total. The van der Waals surface area contributed by atoms with Crippen LogP contribution in [0.2, 0.25) is 0 Å². The number of rotatable bonds is 3. The maximum Gasteiger partial charge on any atom is 0.433 e. The Morgan fingerprint density at radius 1 is 1.12 bits per heavy atom. The molecule has 2 amide bonds.